The molecule has 0 aliphatic heterocycles. The number of hydrogen-bond donors (Lipinski definition) is 3. The van der Waals surface area contributed by atoms with Crippen LogP contribution in [-0.2, 0) is 0 Å². The van der Waals surface area contributed by atoms with Gasteiger partial charge in [0.2, 0.25) is 0 Å². The fraction of sp³-hybridized carbons (Fsp3) is 0.929. The van der Waals surface area contributed by atoms with Gasteiger partial charge < -0.3 is 15.7 Å². The maximum atomic E-state index is 11.8. The molecule has 106 valence electrons. The van der Waals surface area contributed by atoms with Crippen molar-refractivity contribution in [3.63, 3.8) is 0 Å². The molecule has 0 bridgehead atoms. The number of urea groups is 1. The van der Waals surface area contributed by atoms with Crippen LogP contribution in [0.15, 0.2) is 0 Å². The zero-order valence-corrected chi connectivity index (χ0v) is 12.0. The fourth-order valence-corrected chi connectivity index (χ4v) is 2.46. The molecule has 1 saturated carbocycles. The molecule has 0 aromatic carbocycles. The van der Waals surface area contributed by atoms with Crippen molar-refractivity contribution in [2.45, 2.75) is 71.4 Å². The molecule has 1 atom stereocenters. The maximum Gasteiger partial charge on any atom is 0.315 e. The summed E-state index contributed by atoms with van der Waals surface area (Å²) in [7, 11) is 0. The van der Waals surface area contributed by atoms with Crippen molar-refractivity contribution >= 4 is 6.03 Å². The maximum absolute atomic E-state index is 11.8. The average molecular weight is 256 g/mol. The third-order valence-electron chi connectivity index (χ3n) is 3.85. The molecule has 1 rings (SSSR count). The number of aliphatic hydroxyl groups excluding tert-OH is 1. The van der Waals surface area contributed by atoms with E-state index in [2.05, 4.69) is 24.5 Å². The van der Waals surface area contributed by atoms with Gasteiger partial charge in [-0.25, -0.2) is 4.79 Å². The number of hydrogen-bond acceptors (Lipinski definition) is 2. The smallest absolute Gasteiger partial charge is 0.315 e. The third kappa shape index (κ3) is 5.71. The molecule has 1 aliphatic rings. The van der Waals surface area contributed by atoms with Crippen LogP contribution in [0.1, 0.15) is 59.3 Å². The van der Waals surface area contributed by atoms with Gasteiger partial charge >= 0.3 is 6.03 Å². The van der Waals surface area contributed by atoms with Gasteiger partial charge in [0.05, 0.1) is 0 Å². The minimum atomic E-state index is -0.0647. The van der Waals surface area contributed by atoms with Crippen LogP contribution in [0, 0.1) is 5.41 Å². The van der Waals surface area contributed by atoms with Gasteiger partial charge in [-0.15, -0.1) is 0 Å². The zero-order chi connectivity index (χ0) is 13.6. The van der Waals surface area contributed by atoms with Crippen LogP contribution in [0.4, 0.5) is 4.79 Å². The molecule has 1 fully saturated rings. The van der Waals surface area contributed by atoms with E-state index in [0.717, 1.165) is 25.7 Å². The Morgan fingerprint density at radius 3 is 2.56 bits per heavy atom. The molecule has 4 nitrogen and oxygen atoms in total. The molecule has 4 heteroatoms. The minimum absolute atomic E-state index is 0.0647. The molecule has 0 aromatic rings. The molecule has 0 aromatic heterocycles. The Bertz CT molecular complexity index is 257. The van der Waals surface area contributed by atoms with Gasteiger partial charge in [0.1, 0.15) is 0 Å². The molecule has 0 radical (unpaired) electrons. The average Bonchev–Trinajstić information content (AvgIpc) is 2.29. The number of nitrogens with one attached hydrogen (secondary N) is 2. The van der Waals surface area contributed by atoms with Gasteiger partial charge in [-0.1, -0.05) is 13.8 Å². The lowest BCUT2D eigenvalue weighted by Gasteiger charge is -2.34. The Hall–Kier alpha value is -0.770. The highest BCUT2D eigenvalue weighted by atomic mass is 16.3. The Balaban J connectivity index is 2.20. The van der Waals surface area contributed by atoms with Crippen LogP contribution in [0.5, 0.6) is 0 Å². The second-order valence-electron chi connectivity index (χ2n) is 6.32. The normalized spacial score (nSPS) is 21.3. The van der Waals surface area contributed by atoms with Gasteiger partial charge in [-0.2, -0.15) is 0 Å². The summed E-state index contributed by atoms with van der Waals surface area (Å²) in [5, 5.41) is 14.7. The summed E-state index contributed by atoms with van der Waals surface area (Å²) in [6, 6.07) is 0.380. The predicted molar refractivity (Wildman–Crippen MR) is 73.5 cm³/mol. The Morgan fingerprint density at radius 2 is 2.00 bits per heavy atom. The number of aliphatic hydroxyl groups is 1. The van der Waals surface area contributed by atoms with Crippen LogP contribution in [0.3, 0.4) is 0 Å². The summed E-state index contributed by atoms with van der Waals surface area (Å²) < 4.78 is 0. The van der Waals surface area contributed by atoms with Crippen LogP contribution in [0.25, 0.3) is 0 Å². The molecular formula is C14H28N2O2. The van der Waals surface area contributed by atoms with E-state index < -0.39 is 0 Å². The van der Waals surface area contributed by atoms with Crippen molar-refractivity contribution < 1.29 is 9.90 Å². The van der Waals surface area contributed by atoms with Gasteiger partial charge in [-0.3, -0.25) is 0 Å². The second kappa shape index (κ2) is 6.98. The van der Waals surface area contributed by atoms with E-state index in [-0.39, 0.29) is 18.7 Å². The minimum Gasteiger partial charge on any atom is -0.396 e. The van der Waals surface area contributed by atoms with E-state index in [0.29, 0.717) is 11.5 Å². The van der Waals surface area contributed by atoms with Crippen LogP contribution < -0.4 is 10.6 Å². The largest absolute Gasteiger partial charge is 0.396 e. The first-order valence-corrected chi connectivity index (χ1v) is 7.11. The molecule has 0 spiro atoms. The van der Waals surface area contributed by atoms with Gasteiger partial charge in [0.15, 0.2) is 0 Å². The molecule has 0 heterocycles. The first-order chi connectivity index (χ1) is 8.43. The lowest BCUT2D eigenvalue weighted by molar-refractivity contribution is 0.195. The lowest BCUT2D eigenvalue weighted by atomic mass is 9.76. The van der Waals surface area contributed by atoms with E-state index in [9.17, 15) is 4.79 Å². The molecule has 18 heavy (non-hydrogen) atoms. The van der Waals surface area contributed by atoms with Crippen molar-refractivity contribution in [2.75, 3.05) is 6.61 Å². The highest BCUT2D eigenvalue weighted by Gasteiger charge is 2.27. The van der Waals surface area contributed by atoms with Crippen LogP contribution >= 0.6 is 0 Å². The van der Waals surface area contributed by atoms with E-state index in [1.54, 1.807) is 0 Å². The van der Waals surface area contributed by atoms with E-state index in [4.69, 9.17) is 5.11 Å². The van der Waals surface area contributed by atoms with Gasteiger partial charge in [0, 0.05) is 18.7 Å². The second-order valence-corrected chi connectivity index (χ2v) is 6.32. The third-order valence-corrected chi connectivity index (χ3v) is 3.85. The number of carbonyl (C=O) groups is 1. The highest BCUT2D eigenvalue weighted by Crippen LogP contribution is 2.34. The van der Waals surface area contributed by atoms with Crippen molar-refractivity contribution in [1.29, 1.82) is 0 Å². The zero-order valence-electron chi connectivity index (χ0n) is 12.0. The predicted octanol–water partition coefficient (Wildman–Crippen LogP) is 2.42. The van der Waals surface area contributed by atoms with E-state index >= 15 is 0 Å². The molecular weight excluding hydrogens is 228 g/mol. The molecule has 1 aliphatic carbocycles. The van der Waals surface area contributed by atoms with Gasteiger partial charge in [-0.05, 0) is 50.9 Å². The molecule has 1 unspecified atom stereocenters. The van der Waals surface area contributed by atoms with E-state index in [1.165, 1.54) is 12.8 Å². The molecule has 3 N–H and O–H groups in total. The van der Waals surface area contributed by atoms with Crippen molar-refractivity contribution in [1.82, 2.24) is 10.6 Å². The van der Waals surface area contributed by atoms with Crippen molar-refractivity contribution in [2.24, 2.45) is 5.41 Å². The summed E-state index contributed by atoms with van der Waals surface area (Å²) in [4.78, 5) is 11.8. The van der Waals surface area contributed by atoms with Gasteiger partial charge in [0.25, 0.3) is 0 Å². The standard InChI is InChI=1S/C14H28N2O2/c1-11(5-4-10-17)15-13(18)16-12-6-8-14(2,3)9-7-12/h11-12,17H,4-10H2,1-3H3,(H2,15,16,18). The van der Waals surface area contributed by atoms with Crippen LogP contribution in [-0.4, -0.2) is 29.8 Å². The first-order valence-electron chi connectivity index (χ1n) is 7.11. The Morgan fingerprint density at radius 1 is 1.39 bits per heavy atom. The Kier molecular flexibility index (Phi) is 5.93. The summed E-state index contributed by atoms with van der Waals surface area (Å²) in [5.41, 5.74) is 0.434. The summed E-state index contributed by atoms with van der Waals surface area (Å²) in [5.74, 6) is 0. The number of rotatable bonds is 5. The highest BCUT2D eigenvalue weighted by molar-refractivity contribution is 5.74. The monoisotopic (exact) mass is 256 g/mol. The van der Waals surface area contributed by atoms with Crippen molar-refractivity contribution in [3.8, 4) is 0 Å². The lowest BCUT2D eigenvalue weighted by Crippen LogP contribution is -2.47. The Labute approximate surface area is 111 Å². The number of carbonyl (C=O) groups excluding carboxylic acids is 1. The summed E-state index contributed by atoms with van der Waals surface area (Å²) in [6.45, 7) is 6.74. The van der Waals surface area contributed by atoms with E-state index in [1.807, 2.05) is 6.92 Å². The topological polar surface area (TPSA) is 61.4 Å². The first kappa shape index (κ1) is 15.3. The van der Waals surface area contributed by atoms with Crippen molar-refractivity contribution in [3.05, 3.63) is 0 Å². The fourth-order valence-electron chi connectivity index (χ4n) is 2.46. The SMILES string of the molecule is CC(CCCO)NC(=O)NC1CCC(C)(C)CC1. The number of amides is 2. The molecule has 2 amide bonds. The molecule has 0 saturated heterocycles. The quantitative estimate of drug-likeness (QED) is 0.707. The summed E-state index contributed by atoms with van der Waals surface area (Å²) in [6.07, 6.45) is 6.06. The summed E-state index contributed by atoms with van der Waals surface area (Å²) >= 11 is 0. The van der Waals surface area contributed by atoms with Crippen LogP contribution in [0.2, 0.25) is 0 Å².